The number of aliphatic hydroxyl groups excluding tert-OH is 1. The Bertz CT molecular complexity index is 348. The molecular weight excluding hydrogens is 214 g/mol. The van der Waals surface area contributed by atoms with Gasteiger partial charge in [-0.1, -0.05) is 6.92 Å². The molecule has 94 valence electrons. The first kappa shape index (κ1) is 12.3. The molecule has 1 aromatic heterocycles. The third-order valence-electron chi connectivity index (χ3n) is 3.23. The van der Waals surface area contributed by atoms with Gasteiger partial charge in [-0.25, -0.2) is 4.98 Å². The highest BCUT2D eigenvalue weighted by atomic mass is 16.3. The summed E-state index contributed by atoms with van der Waals surface area (Å²) in [5.74, 6) is 0.993. The summed E-state index contributed by atoms with van der Waals surface area (Å²) in [5, 5.41) is 9.12. The SMILES string of the molecule is CCCN1CCN(c2cc(CO)ccn2)CC1. The summed E-state index contributed by atoms with van der Waals surface area (Å²) in [6, 6.07) is 3.84. The van der Waals surface area contributed by atoms with Gasteiger partial charge < -0.3 is 10.0 Å². The molecule has 17 heavy (non-hydrogen) atoms. The van der Waals surface area contributed by atoms with Crippen molar-refractivity contribution in [1.29, 1.82) is 0 Å². The number of pyridine rings is 1. The standard InChI is InChI=1S/C13H21N3O/c1-2-5-15-6-8-16(9-7-15)13-10-12(11-17)3-4-14-13/h3-4,10,17H,2,5-9,11H2,1H3. The van der Waals surface area contributed by atoms with Crippen LogP contribution in [0.4, 0.5) is 5.82 Å². The fraction of sp³-hybridized carbons (Fsp3) is 0.615. The van der Waals surface area contributed by atoms with E-state index in [1.807, 2.05) is 12.1 Å². The topological polar surface area (TPSA) is 39.6 Å². The summed E-state index contributed by atoms with van der Waals surface area (Å²) in [7, 11) is 0. The molecule has 1 fully saturated rings. The van der Waals surface area contributed by atoms with Crippen LogP contribution in [-0.4, -0.2) is 47.7 Å². The first-order valence-corrected chi connectivity index (χ1v) is 6.36. The molecule has 1 aliphatic heterocycles. The number of anilines is 1. The molecule has 2 rings (SSSR count). The minimum atomic E-state index is 0.0886. The zero-order valence-corrected chi connectivity index (χ0v) is 10.5. The van der Waals surface area contributed by atoms with E-state index in [1.54, 1.807) is 6.20 Å². The molecular formula is C13H21N3O. The first-order valence-electron chi connectivity index (χ1n) is 6.36. The predicted molar refractivity (Wildman–Crippen MR) is 69.1 cm³/mol. The first-order chi connectivity index (χ1) is 8.33. The van der Waals surface area contributed by atoms with Crippen molar-refractivity contribution in [2.24, 2.45) is 0 Å². The molecule has 0 saturated carbocycles. The van der Waals surface area contributed by atoms with Gasteiger partial charge in [0.2, 0.25) is 0 Å². The maximum atomic E-state index is 9.12. The van der Waals surface area contributed by atoms with Gasteiger partial charge in [0.15, 0.2) is 0 Å². The third-order valence-corrected chi connectivity index (χ3v) is 3.23. The Balaban J connectivity index is 1.95. The highest BCUT2D eigenvalue weighted by Gasteiger charge is 2.17. The molecule has 0 amide bonds. The fourth-order valence-electron chi connectivity index (χ4n) is 2.25. The quantitative estimate of drug-likeness (QED) is 0.848. The van der Waals surface area contributed by atoms with Crippen molar-refractivity contribution in [2.45, 2.75) is 20.0 Å². The number of rotatable bonds is 4. The molecule has 0 spiro atoms. The second kappa shape index (κ2) is 5.98. The van der Waals surface area contributed by atoms with Gasteiger partial charge in [0.1, 0.15) is 5.82 Å². The molecule has 1 aromatic rings. The van der Waals surface area contributed by atoms with Gasteiger partial charge in [0.25, 0.3) is 0 Å². The zero-order valence-electron chi connectivity index (χ0n) is 10.5. The van der Waals surface area contributed by atoms with Crippen molar-refractivity contribution in [3.63, 3.8) is 0 Å². The summed E-state index contributed by atoms with van der Waals surface area (Å²) < 4.78 is 0. The van der Waals surface area contributed by atoms with Crippen molar-refractivity contribution >= 4 is 5.82 Å². The maximum Gasteiger partial charge on any atom is 0.128 e. The van der Waals surface area contributed by atoms with Crippen LogP contribution in [0.15, 0.2) is 18.3 Å². The molecule has 0 atom stereocenters. The van der Waals surface area contributed by atoms with Crippen LogP contribution in [0.5, 0.6) is 0 Å². The number of nitrogens with zero attached hydrogens (tertiary/aromatic N) is 3. The predicted octanol–water partition coefficient (Wildman–Crippen LogP) is 1.11. The largest absolute Gasteiger partial charge is 0.392 e. The van der Waals surface area contributed by atoms with Crippen LogP contribution in [0, 0.1) is 0 Å². The highest BCUT2D eigenvalue weighted by molar-refractivity contribution is 5.41. The normalized spacial score (nSPS) is 17.4. The van der Waals surface area contributed by atoms with Crippen molar-refractivity contribution in [3.8, 4) is 0 Å². The van der Waals surface area contributed by atoms with Crippen molar-refractivity contribution in [3.05, 3.63) is 23.9 Å². The zero-order chi connectivity index (χ0) is 12.1. The summed E-state index contributed by atoms with van der Waals surface area (Å²) in [6.45, 7) is 7.78. The maximum absolute atomic E-state index is 9.12. The van der Waals surface area contributed by atoms with Gasteiger partial charge in [0.05, 0.1) is 6.61 Å². The minimum Gasteiger partial charge on any atom is -0.392 e. The molecule has 0 bridgehead atoms. The summed E-state index contributed by atoms with van der Waals surface area (Å²) in [6.07, 6.45) is 3.00. The Morgan fingerprint density at radius 2 is 2.06 bits per heavy atom. The average molecular weight is 235 g/mol. The van der Waals surface area contributed by atoms with Crippen LogP contribution in [-0.2, 0) is 6.61 Å². The number of aromatic nitrogens is 1. The number of hydrogen-bond donors (Lipinski definition) is 1. The van der Waals surface area contributed by atoms with E-state index in [-0.39, 0.29) is 6.61 Å². The molecule has 1 saturated heterocycles. The molecule has 0 unspecified atom stereocenters. The van der Waals surface area contributed by atoms with Crippen LogP contribution < -0.4 is 4.90 Å². The number of aliphatic hydroxyl groups is 1. The van der Waals surface area contributed by atoms with Crippen LogP contribution in [0.25, 0.3) is 0 Å². The number of piperazine rings is 1. The average Bonchev–Trinajstić information content (AvgIpc) is 2.40. The van der Waals surface area contributed by atoms with E-state index in [1.165, 1.54) is 13.0 Å². The smallest absolute Gasteiger partial charge is 0.128 e. The lowest BCUT2D eigenvalue weighted by Gasteiger charge is -2.35. The Kier molecular flexibility index (Phi) is 4.34. The second-order valence-electron chi connectivity index (χ2n) is 4.51. The molecule has 1 N–H and O–H groups in total. The van der Waals surface area contributed by atoms with Gasteiger partial charge in [0, 0.05) is 32.4 Å². The van der Waals surface area contributed by atoms with E-state index >= 15 is 0 Å². The monoisotopic (exact) mass is 235 g/mol. The van der Waals surface area contributed by atoms with E-state index in [4.69, 9.17) is 5.11 Å². The highest BCUT2D eigenvalue weighted by Crippen LogP contribution is 2.15. The Morgan fingerprint density at radius 3 is 2.71 bits per heavy atom. The van der Waals surface area contributed by atoms with E-state index in [2.05, 4.69) is 21.7 Å². The van der Waals surface area contributed by atoms with Crippen molar-refractivity contribution in [2.75, 3.05) is 37.6 Å². The van der Waals surface area contributed by atoms with Gasteiger partial charge in [-0.05, 0) is 30.7 Å². The van der Waals surface area contributed by atoms with Crippen LogP contribution in [0.2, 0.25) is 0 Å². The summed E-state index contributed by atoms with van der Waals surface area (Å²) >= 11 is 0. The Labute approximate surface area is 103 Å². The van der Waals surface area contributed by atoms with Crippen LogP contribution >= 0.6 is 0 Å². The summed E-state index contributed by atoms with van der Waals surface area (Å²) in [4.78, 5) is 9.17. The fourth-order valence-corrected chi connectivity index (χ4v) is 2.25. The van der Waals surface area contributed by atoms with Gasteiger partial charge >= 0.3 is 0 Å². The van der Waals surface area contributed by atoms with E-state index < -0.39 is 0 Å². The Hall–Kier alpha value is -1.13. The molecule has 4 heteroatoms. The second-order valence-corrected chi connectivity index (χ2v) is 4.51. The molecule has 4 nitrogen and oxygen atoms in total. The van der Waals surface area contributed by atoms with Crippen molar-refractivity contribution < 1.29 is 5.11 Å². The molecule has 2 heterocycles. The van der Waals surface area contributed by atoms with Crippen LogP contribution in [0.3, 0.4) is 0 Å². The lowest BCUT2D eigenvalue weighted by atomic mass is 10.2. The number of hydrogen-bond acceptors (Lipinski definition) is 4. The molecule has 1 aliphatic rings. The van der Waals surface area contributed by atoms with Gasteiger partial charge in [-0.2, -0.15) is 0 Å². The molecule has 0 radical (unpaired) electrons. The van der Waals surface area contributed by atoms with Crippen LogP contribution in [0.1, 0.15) is 18.9 Å². The Morgan fingerprint density at radius 1 is 1.29 bits per heavy atom. The lowest BCUT2D eigenvalue weighted by molar-refractivity contribution is 0.257. The van der Waals surface area contributed by atoms with E-state index in [9.17, 15) is 0 Å². The van der Waals surface area contributed by atoms with Gasteiger partial charge in [-0.3, -0.25) is 4.90 Å². The van der Waals surface area contributed by atoms with E-state index in [0.717, 1.165) is 37.6 Å². The van der Waals surface area contributed by atoms with Gasteiger partial charge in [-0.15, -0.1) is 0 Å². The minimum absolute atomic E-state index is 0.0886. The molecule has 0 aliphatic carbocycles. The lowest BCUT2D eigenvalue weighted by Crippen LogP contribution is -2.46. The summed E-state index contributed by atoms with van der Waals surface area (Å²) in [5.41, 5.74) is 0.936. The molecule has 0 aromatic carbocycles. The third kappa shape index (κ3) is 3.17. The van der Waals surface area contributed by atoms with E-state index in [0.29, 0.717) is 0 Å². The van der Waals surface area contributed by atoms with Crippen molar-refractivity contribution in [1.82, 2.24) is 9.88 Å².